The molecule has 0 aliphatic carbocycles. The largest absolute Gasteiger partial charge is 0.392 e. The molecule has 2 aliphatic heterocycles. The number of anilines is 1. The Kier molecular flexibility index (Phi) is 12.3. The zero-order valence-corrected chi connectivity index (χ0v) is 29.9. The smallest absolute Gasteiger partial charge is 0.242 e. The fourth-order valence-electron chi connectivity index (χ4n) is 6.81. The number of carbonyl (C=O) groups excluding carboxylic acids is 1. The Hall–Kier alpha value is -3.94. The van der Waals surface area contributed by atoms with Crippen molar-refractivity contribution in [2.75, 3.05) is 32.1 Å². The van der Waals surface area contributed by atoms with Crippen LogP contribution < -0.4 is 10.0 Å². The summed E-state index contributed by atoms with van der Waals surface area (Å²) in [7, 11) is -2.26. The molecule has 3 N–H and O–H groups in total. The van der Waals surface area contributed by atoms with Crippen molar-refractivity contribution in [3.8, 4) is 0 Å². The molecule has 270 valence electrons. The first-order chi connectivity index (χ1) is 24.7. The predicted octanol–water partition coefficient (Wildman–Crippen LogP) is 5.67. The number of carbonyl (C=O) groups is 1. The Bertz CT molecular complexity index is 1840. The number of nitrogens with one attached hydrogen (secondary N) is 2. The zero-order chi connectivity index (χ0) is 35.8. The molecule has 10 nitrogen and oxygen atoms in total. The highest BCUT2D eigenvalue weighted by atomic mass is 32.2. The van der Waals surface area contributed by atoms with Gasteiger partial charge in [-0.1, -0.05) is 84.4 Å². The fourth-order valence-corrected chi connectivity index (χ4v) is 8.01. The molecule has 4 aromatic rings. The molecule has 6 rings (SSSR count). The standard InChI is InChI=1S/C40H47N3O7S/c1-28-13-19-36(20-14-28)51(46,47)42-37(22-29-8-4-3-5-9-29)39(45)41-33-11-6-10-32(23-33)40-49-35(25-43-21-7-12-34(43)27-48-2)24-38(50-40)31-17-15-30(26-44)16-18-31/h3-6,8-11,13-20,23,34-35,37-38,40,42,44H,7,12,21-22,24-27H2,1-2H3,(H,41,45)/t34-,35-,37+,38+,40+/m0/s1. The summed E-state index contributed by atoms with van der Waals surface area (Å²) in [6.45, 7) is 4.24. The molecular weight excluding hydrogens is 667 g/mol. The van der Waals surface area contributed by atoms with E-state index >= 15 is 0 Å². The number of nitrogens with zero attached hydrogens (tertiary/aromatic N) is 1. The first kappa shape index (κ1) is 36.8. The van der Waals surface area contributed by atoms with Gasteiger partial charge in [-0.2, -0.15) is 4.72 Å². The van der Waals surface area contributed by atoms with Crippen LogP contribution in [0.15, 0.2) is 108 Å². The lowest BCUT2D eigenvalue weighted by Crippen LogP contribution is -2.45. The molecule has 0 spiro atoms. The van der Waals surface area contributed by atoms with Crippen LogP contribution in [-0.4, -0.2) is 69.3 Å². The third kappa shape index (κ3) is 9.69. The number of hydrogen-bond donors (Lipinski definition) is 3. The van der Waals surface area contributed by atoms with E-state index < -0.39 is 28.3 Å². The van der Waals surface area contributed by atoms with Crippen molar-refractivity contribution in [2.45, 2.75) is 74.7 Å². The van der Waals surface area contributed by atoms with Crippen LogP contribution in [0.5, 0.6) is 0 Å². The van der Waals surface area contributed by atoms with Crippen molar-refractivity contribution in [1.29, 1.82) is 0 Å². The third-order valence-electron chi connectivity index (χ3n) is 9.57. The van der Waals surface area contributed by atoms with Crippen LogP contribution in [0.3, 0.4) is 0 Å². The Morgan fingerprint density at radius 1 is 0.941 bits per heavy atom. The SMILES string of the molecule is COC[C@@H]1CCCN1C[C@@H]1C[C@H](c2ccc(CO)cc2)O[C@H](c2cccc(NC(=O)[C@@H](Cc3ccccc3)NS(=O)(=O)c3ccc(C)cc3)c2)O1. The first-order valence-corrected chi connectivity index (χ1v) is 19.0. The molecule has 2 saturated heterocycles. The van der Waals surface area contributed by atoms with Crippen LogP contribution in [0.4, 0.5) is 5.69 Å². The van der Waals surface area contributed by atoms with Crippen molar-refractivity contribution in [2.24, 2.45) is 0 Å². The summed E-state index contributed by atoms with van der Waals surface area (Å²) in [5, 5.41) is 12.5. The van der Waals surface area contributed by atoms with Crippen molar-refractivity contribution < 1.29 is 32.5 Å². The zero-order valence-electron chi connectivity index (χ0n) is 29.1. The number of sulfonamides is 1. The van der Waals surface area contributed by atoms with Crippen LogP contribution in [-0.2, 0) is 42.1 Å². The van der Waals surface area contributed by atoms with Gasteiger partial charge in [0.05, 0.1) is 30.3 Å². The van der Waals surface area contributed by atoms with E-state index in [1.807, 2.05) is 79.7 Å². The number of rotatable bonds is 14. The van der Waals surface area contributed by atoms with E-state index in [4.69, 9.17) is 14.2 Å². The minimum atomic E-state index is -4.00. The number of aliphatic hydroxyl groups is 1. The number of amides is 1. The van der Waals surface area contributed by atoms with Gasteiger partial charge in [-0.25, -0.2) is 8.42 Å². The molecule has 5 atom stereocenters. The van der Waals surface area contributed by atoms with Crippen LogP contribution in [0.25, 0.3) is 0 Å². The Morgan fingerprint density at radius 2 is 1.71 bits per heavy atom. The molecule has 51 heavy (non-hydrogen) atoms. The number of methoxy groups -OCH3 is 1. The second-order valence-corrected chi connectivity index (χ2v) is 15.1. The number of benzene rings is 4. The second kappa shape index (κ2) is 17.1. The van der Waals surface area contributed by atoms with Gasteiger partial charge in [0.25, 0.3) is 0 Å². The fraction of sp³-hybridized carbons (Fsp3) is 0.375. The lowest BCUT2D eigenvalue weighted by Gasteiger charge is -2.39. The van der Waals surface area contributed by atoms with E-state index in [0.717, 1.165) is 53.7 Å². The van der Waals surface area contributed by atoms with E-state index in [0.29, 0.717) is 24.8 Å². The summed E-state index contributed by atoms with van der Waals surface area (Å²) in [6, 6.07) is 30.2. The Morgan fingerprint density at radius 3 is 2.43 bits per heavy atom. The highest BCUT2D eigenvalue weighted by Crippen LogP contribution is 2.39. The molecule has 11 heteroatoms. The van der Waals surface area contributed by atoms with E-state index in [-0.39, 0.29) is 30.1 Å². The maximum atomic E-state index is 13.9. The van der Waals surface area contributed by atoms with Gasteiger partial charge in [0, 0.05) is 37.4 Å². The van der Waals surface area contributed by atoms with Crippen LogP contribution >= 0.6 is 0 Å². The van der Waals surface area contributed by atoms with Crippen LogP contribution in [0.2, 0.25) is 0 Å². The molecule has 4 aromatic carbocycles. The highest BCUT2D eigenvalue weighted by Gasteiger charge is 2.36. The van der Waals surface area contributed by atoms with Crippen molar-refractivity contribution in [3.63, 3.8) is 0 Å². The normalized spacial score (nSPS) is 21.7. The number of likely N-dealkylation sites (tertiary alicyclic amines) is 1. The van der Waals surface area contributed by atoms with Gasteiger partial charge in [-0.15, -0.1) is 0 Å². The van der Waals surface area contributed by atoms with Crippen molar-refractivity contribution in [1.82, 2.24) is 9.62 Å². The van der Waals surface area contributed by atoms with Gasteiger partial charge < -0.3 is 24.6 Å². The van der Waals surface area contributed by atoms with Crippen LogP contribution in [0.1, 0.15) is 59.5 Å². The maximum absolute atomic E-state index is 13.9. The highest BCUT2D eigenvalue weighted by molar-refractivity contribution is 7.89. The average molecular weight is 714 g/mol. The van der Waals surface area contributed by atoms with Crippen molar-refractivity contribution in [3.05, 3.63) is 131 Å². The molecule has 2 fully saturated rings. The number of aryl methyl sites for hydroxylation is 1. The number of aliphatic hydroxyl groups excluding tert-OH is 1. The Labute approximate surface area is 300 Å². The van der Waals surface area contributed by atoms with Gasteiger partial charge in [0.15, 0.2) is 6.29 Å². The first-order valence-electron chi connectivity index (χ1n) is 17.5. The van der Waals surface area contributed by atoms with E-state index in [9.17, 15) is 18.3 Å². The molecule has 0 bridgehead atoms. The lowest BCUT2D eigenvalue weighted by atomic mass is 9.99. The summed E-state index contributed by atoms with van der Waals surface area (Å²) in [5.41, 5.74) is 4.79. The molecule has 2 heterocycles. The maximum Gasteiger partial charge on any atom is 0.242 e. The van der Waals surface area contributed by atoms with Crippen LogP contribution in [0, 0.1) is 6.92 Å². The average Bonchev–Trinajstić information content (AvgIpc) is 3.58. The number of ether oxygens (including phenoxy) is 3. The van der Waals surface area contributed by atoms with Gasteiger partial charge in [0.1, 0.15) is 6.04 Å². The quantitative estimate of drug-likeness (QED) is 0.153. The summed E-state index contributed by atoms with van der Waals surface area (Å²) < 4.78 is 48.2. The molecule has 0 radical (unpaired) electrons. The topological polar surface area (TPSA) is 126 Å². The monoisotopic (exact) mass is 713 g/mol. The predicted molar refractivity (Wildman–Crippen MR) is 195 cm³/mol. The lowest BCUT2D eigenvalue weighted by molar-refractivity contribution is -0.253. The summed E-state index contributed by atoms with van der Waals surface area (Å²) in [4.78, 5) is 16.4. The minimum Gasteiger partial charge on any atom is -0.392 e. The number of hydrogen-bond acceptors (Lipinski definition) is 8. The molecule has 1 amide bonds. The summed E-state index contributed by atoms with van der Waals surface area (Å²) in [6.07, 6.45) is 1.91. The second-order valence-electron chi connectivity index (χ2n) is 13.4. The molecular formula is C40H47N3O7S. The van der Waals surface area contributed by atoms with Crippen molar-refractivity contribution >= 4 is 21.6 Å². The van der Waals surface area contributed by atoms with E-state index in [1.165, 1.54) is 12.1 Å². The molecule has 0 saturated carbocycles. The van der Waals surface area contributed by atoms with Gasteiger partial charge >= 0.3 is 0 Å². The molecule has 0 aromatic heterocycles. The summed E-state index contributed by atoms with van der Waals surface area (Å²) in [5.74, 6) is -0.491. The Balaban J connectivity index is 1.22. The summed E-state index contributed by atoms with van der Waals surface area (Å²) >= 11 is 0. The molecule has 0 unspecified atom stereocenters. The minimum absolute atomic E-state index is 0.0336. The van der Waals surface area contributed by atoms with E-state index in [2.05, 4.69) is 14.9 Å². The van der Waals surface area contributed by atoms with Gasteiger partial charge in [-0.3, -0.25) is 9.69 Å². The third-order valence-corrected chi connectivity index (χ3v) is 11.1. The van der Waals surface area contributed by atoms with Gasteiger partial charge in [-0.05, 0) is 73.7 Å². The molecule has 2 aliphatic rings. The van der Waals surface area contributed by atoms with E-state index in [1.54, 1.807) is 25.3 Å². The van der Waals surface area contributed by atoms with Gasteiger partial charge in [0.2, 0.25) is 15.9 Å².